The van der Waals surface area contributed by atoms with Gasteiger partial charge in [-0.1, -0.05) is 6.07 Å². The van der Waals surface area contributed by atoms with Gasteiger partial charge in [-0.3, -0.25) is 10.1 Å². The molecule has 20 heavy (non-hydrogen) atoms. The van der Waals surface area contributed by atoms with E-state index < -0.39 is 4.92 Å². The summed E-state index contributed by atoms with van der Waals surface area (Å²) in [6.45, 7) is 2.50. The second-order valence-corrected chi connectivity index (χ2v) is 4.68. The maximum absolute atomic E-state index is 11.2. The summed E-state index contributed by atoms with van der Waals surface area (Å²) in [7, 11) is 1.41. The highest BCUT2D eigenvalue weighted by atomic mass is 16.6. The molecule has 1 aliphatic rings. The van der Waals surface area contributed by atoms with Crippen LogP contribution in [0, 0.1) is 10.1 Å². The minimum atomic E-state index is -0.457. The molecule has 1 aliphatic carbocycles. The topological polar surface area (TPSA) is 99.7 Å². The minimum Gasteiger partial charge on any atom is -0.490 e. The molecule has 110 valence electrons. The number of hydrogen-bond acceptors (Lipinski definition) is 6. The van der Waals surface area contributed by atoms with Crippen molar-refractivity contribution in [2.45, 2.75) is 31.5 Å². The van der Waals surface area contributed by atoms with Gasteiger partial charge in [0.15, 0.2) is 5.75 Å². The lowest BCUT2D eigenvalue weighted by atomic mass is 9.83. The van der Waals surface area contributed by atoms with Crippen LogP contribution in [0.3, 0.4) is 0 Å². The number of benzene rings is 1. The molecule has 0 aliphatic heterocycles. The van der Waals surface area contributed by atoms with Crippen LogP contribution in [-0.2, 0) is 4.74 Å². The lowest BCUT2D eigenvalue weighted by Crippen LogP contribution is -2.60. The Balaban J connectivity index is 2.22. The van der Waals surface area contributed by atoms with Gasteiger partial charge in [-0.15, -0.1) is 0 Å². The van der Waals surface area contributed by atoms with E-state index in [-0.39, 0.29) is 29.6 Å². The zero-order valence-electron chi connectivity index (χ0n) is 11.5. The summed E-state index contributed by atoms with van der Waals surface area (Å²) < 4.78 is 10.6. The molecule has 0 amide bonds. The number of anilines is 1. The van der Waals surface area contributed by atoms with Gasteiger partial charge in [-0.05, 0) is 25.5 Å². The molecule has 0 heterocycles. The smallest absolute Gasteiger partial charge is 0.333 e. The van der Waals surface area contributed by atoms with Crippen LogP contribution in [-0.4, -0.2) is 36.8 Å². The summed E-state index contributed by atoms with van der Waals surface area (Å²) in [6.07, 6.45) is 0.740. The monoisotopic (exact) mass is 281 g/mol. The SMILES string of the molecule is CCOC1CC(N)C1Nc1cccc(OC)c1[N+](=O)[O-]. The van der Waals surface area contributed by atoms with Gasteiger partial charge >= 0.3 is 5.69 Å². The third kappa shape index (κ3) is 2.68. The molecular weight excluding hydrogens is 262 g/mol. The first-order valence-electron chi connectivity index (χ1n) is 6.53. The summed E-state index contributed by atoms with van der Waals surface area (Å²) in [4.78, 5) is 10.7. The molecule has 0 aromatic heterocycles. The number of para-hydroxylation sites is 1. The van der Waals surface area contributed by atoms with E-state index >= 15 is 0 Å². The number of nitrogens with one attached hydrogen (secondary N) is 1. The molecule has 7 nitrogen and oxygen atoms in total. The van der Waals surface area contributed by atoms with Crippen molar-refractivity contribution in [3.63, 3.8) is 0 Å². The van der Waals surface area contributed by atoms with Gasteiger partial charge < -0.3 is 20.5 Å². The molecule has 0 radical (unpaired) electrons. The number of hydrogen-bond donors (Lipinski definition) is 2. The predicted octanol–water partition coefficient (Wildman–Crippen LogP) is 1.52. The average molecular weight is 281 g/mol. The highest BCUT2D eigenvalue weighted by Crippen LogP contribution is 2.37. The number of methoxy groups -OCH3 is 1. The number of ether oxygens (including phenoxy) is 2. The highest BCUT2D eigenvalue weighted by Gasteiger charge is 2.40. The van der Waals surface area contributed by atoms with Gasteiger partial charge in [-0.2, -0.15) is 0 Å². The molecule has 0 saturated heterocycles. The molecule has 1 aromatic rings. The first-order chi connectivity index (χ1) is 9.58. The van der Waals surface area contributed by atoms with Crippen molar-refractivity contribution in [3.05, 3.63) is 28.3 Å². The number of nitro benzene ring substituents is 1. The summed E-state index contributed by atoms with van der Waals surface area (Å²) >= 11 is 0. The van der Waals surface area contributed by atoms with Gasteiger partial charge in [0.2, 0.25) is 0 Å². The fourth-order valence-corrected chi connectivity index (χ4v) is 2.40. The van der Waals surface area contributed by atoms with Crippen molar-refractivity contribution in [2.24, 2.45) is 5.73 Å². The van der Waals surface area contributed by atoms with E-state index in [0.717, 1.165) is 6.42 Å². The van der Waals surface area contributed by atoms with Gasteiger partial charge in [0.1, 0.15) is 5.69 Å². The Morgan fingerprint density at radius 2 is 2.30 bits per heavy atom. The fraction of sp³-hybridized carbons (Fsp3) is 0.538. The molecular formula is C13H19N3O4. The average Bonchev–Trinajstić information content (AvgIpc) is 2.43. The van der Waals surface area contributed by atoms with E-state index in [2.05, 4.69) is 5.32 Å². The molecule has 0 bridgehead atoms. The molecule has 3 atom stereocenters. The van der Waals surface area contributed by atoms with Gasteiger partial charge in [0.05, 0.1) is 24.2 Å². The fourth-order valence-electron chi connectivity index (χ4n) is 2.40. The zero-order valence-corrected chi connectivity index (χ0v) is 11.5. The third-order valence-electron chi connectivity index (χ3n) is 3.47. The van der Waals surface area contributed by atoms with Crippen LogP contribution in [0.25, 0.3) is 0 Å². The van der Waals surface area contributed by atoms with E-state index in [4.69, 9.17) is 15.2 Å². The minimum absolute atomic E-state index is 0.0131. The summed E-state index contributed by atoms with van der Waals surface area (Å²) in [5, 5.41) is 14.3. The lowest BCUT2D eigenvalue weighted by Gasteiger charge is -2.42. The molecule has 0 spiro atoms. The molecule has 7 heteroatoms. The molecule has 2 rings (SSSR count). The number of nitrogens with zero attached hydrogens (tertiary/aromatic N) is 1. The molecule has 1 fully saturated rings. The Kier molecular flexibility index (Phi) is 4.41. The van der Waals surface area contributed by atoms with Crippen LogP contribution in [0.2, 0.25) is 0 Å². The first-order valence-corrected chi connectivity index (χ1v) is 6.53. The Hall–Kier alpha value is -1.86. The second kappa shape index (κ2) is 6.06. The molecule has 1 saturated carbocycles. The third-order valence-corrected chi connectivity index (χ3v) is 3.47. The largest absolute Gasteiger partial charge is 0.490 e. The van der Waals surface area contributed by atoms with Crippen LogP contribution in [0.5, 0.6) is 5.75 Å². The normalized spacial score (nSPS) is 24.9. The van der Waals surface area contributed by atoms with Crippen LogP contribution in [0.15, 0.2) is 18.2 Å². The van der Waals surface area contributed by atoms with Gasteiger partial charge in [0, 0.05) is 12.6 Å². The van der Waals surface area contributed by atoms with Crippen molar-refractivity contribution in [3.8, 4) is 5.75 Å². The lowest BCUT2D eigenvalue weighted by molar-refractivity contribution is -0.384. The first kappa shape index (κ1) is 14.5. The van der Waals surface area contributed by atoms with E-state index in [1.807, 2.05) is 6.92 Å². The van der Waals surface area contributed by atoms with Crippen molar-refractivity contribution in [2.75, 3.05) is 19.0 Å². The molecule has 1 aromatic carbocycles. The predicted molar refractivity (Wildman–Crippen MR) is 75.1 cm³/mol. The van der Waals surface area contributed by atoms with E-state index in [9.17, 15) is 10.1 Å². The molecule has 3 N–H and O–H groups in total. The number of nitro groups is 1. The zero-order chi connectivity index (χ0) is 14.7. The van der Waals surface area contributed by atoms with Gasteiger partial charge in [0.25, 0.3) is 0 Å². The van der Waals surface area contributed by atoms with Gasteiger partial charge in [-0.25, -0.2) is 0 Å². The van der Waals surface area contributed by atoms with Crippen LogP contribution < -0.4 is 15.8 Å². The van der Waals surface area contributed by atoms with E-state index in [1.165, 1.54) is 7.11 Å². The van der Waals surface area contributed by atoms with Crippen LogP contribution in [0.1, 0.15) is 13.3 Å². The van der Waals surface area contributed by atoms with Crippen LogP contribution >= 0.6 is 0 Å². The molecule has 3 unspecified atom stereocenters. The Bertz CT molecular complexity index is 493. The standard InChI is InChI=1S/C13H19N3O4/c1-3-20-11-7-8(14)12(11)15-9-5-4-6-10(19-2)13(9)16(17)18/h4-6,8,11-12,15H,3,7,14H2,1-2H3. The maximum Gasteiger partial charge on any atom is 0.333 e. The maximum atomic E-state index is 11.2. The Morgan fingerprint density at radius 3 is 2.85 bits per heavy atom. The van der Waals surface area contributed by atoms with E-state index in [1.54, 1.807) is 18.2 Å². The van der Waals surface area contributed by atoms with Crippen molar-refractivity contribution in [1.82, 2.24) is 0 Å². The highest BCUT2D eigenvalue weighted by molar-refractivity contribution is 5.69. The number of rotatable bonds is 6. The van der Waals surface area contributed by atoms with Crippen molar-refractivity contribution in [1.29, 1.82) is 0 Å². The van der Waals surface area contributed by atoms with Crippen molar-refractivity contribution >= 4 is 11.4 Å². The quantitative estimate of drug-likeness (QED) is 0.605. The number of nitrogens with two attached hydrogens (primary N) is 1. The second-order valence-electron chi connectivity index (χ2n) is 4.68. The Morgan fingerprint density at radius 1 is 1.55 bits per heavy atom. The Labute approximate surface area is 117 Å². The van der Waals surface area contributed by atoms with Crippen molar-refractivity contribution < 1.29 is 14.4 Å². The summed E-state index contributed by atoms with van der Waals surface area (Å²) in [6, 6.07) is 4.71. The summed E-state index contributed by atoms with van der Waals surface area (Å²) in [5.74, 6) is 0.223. The summed E-state index contributed by atoms with van der Waals surface area (Å²) in [5.41, 5.74) is 6.27. The van der Waals surface area contributed by atoms with Crippen LogP contribution in [0.4, 0.5) is 11.4 Å². The van der Waals surface area contributed by atoms with E-state index in [0.29, 0.717) is 12.3 Å².